The lowest BCUT2D eigenvalue weighted by Crippen LogP contribution is -2.35. The zero-order valence-corrected chi connectivity index (χ0v) is 6.85. The van der Waals surface area contributed by atoms with E-state index in [-0.39, 0.29) is 6.03 Å². The molecule has 5 heteroatoms. The molecule has 0 heterocycles. The maximum atomic E-state index is 10.6. The third-order valence-electron chi connectivity index (χ3n) is 0.892. The number of hydrogen-bond donors (Lipinski definition) is 2. The van der Waals surface area contributed by atoms with Crippen molar-refractivity contribution in [1.29, 1.82) is 0 Å². The molecule has 11 heavy (non-hydrogen) atoms. The van der Waals surface area contributed by atoms with Crippen LogP contribution in [-0.2, 0) is 9.57 Å². The van der Waals surface area contributed by atoms with Gasteiger partial charge in [0.05, 0.1) is 13.2 Å². The predicted octanol–water partition coefficient (Wildman–Crippen LogP) is -0.116. The van der Waals surface area contributed by atoms with Gasteiger partial charge < -0.3 is 10.1 Å². The highest BCUT2D eigenvalue weighted by atomic mass is 16.7. The van der Waals surface area contributed by atoms with E-state index in [0.29, 0.717) is 19.8 Å². The Bertz CT molecular complexity index is 108. The van der Waals surface area contributed by atoms with Crippen LogP contribution in [0.1, 0.15) is 6.92 Å². The summed E-state index contributed by atoms with van der Waals surface area (Å²) in [5.74, 6) is 0. The maximum absolute atomic E-state index is 10.6. The van der Waals surface area contributed by atoms with E-state index in [9.17, 15) is 4.79 Å². The summed E-state index contributed by atoms with van der Waals surface area (Å²) in [7, 11) is 1.56. The van der Waals surface area contributed by atoms with Crippen molar-refractivity contribution in [1.82, 2.24) is 10.8 Å². The minimum Gasteiger partial charge on any atom is -0.382 e. The van der Waals surface area contributed by atoms with Gasteiger partial charge in [-0.25, -0.2) is 10.3 Å². The number of nitrogens with one attached hydrogen (secondary N) is 2. The molecule has 0 spiro atoms. The number of urea groups is 1. The Balaban J connectivity index is 3.04. The summed E-state index contributed by atoms with van der Waals surface area (Å²) in [6.07, 6.45) is 0. The van der Waals surface area contributed by atoms with Crippen LogP contribution in [0.2, 0.25) is 0 Å². The summed E-state index contributed by atoms with van der Waals surface area (Å²) in [5.41, 5.74) is 2.19. The lowest BCUT2D eigenvalue weighted by molar-refractivity contribution is 0.0243. The van der Waals surface area contributed by atoms with Crippen LogP contribution >= 0.6 is 0 Å². The topological polar surface area (TPSA) is 59.6 Å². The average molecular weight is 162 g/mol. The average Bonchev–Trinajstić information content (AvgIpc) is 1.99. The van der Waals surface area contributed by atoms with Crippen molar-refractivity contribution < 1.29 is 14.4 Å². The molecule has 0 radical (unpaired) electrons. The van der Waals surface area contributed by atoms with E-state index < -0.39 is 0 Å². The van der Waals surface area contributed by atoms with Gasteiger partial charge in [-0.05, 0) is 6.92 Å². The van der Waals surface area contributed by atoms with Gasteiger partial charge in [0.25, 0.3) is 0 Å². The van der Waals surface area contributed by atoms with Crippen LogP contribution in [0.25, 0.3) is 0 Å². The number of rotatable bonds is 5. The number of ether oxygens (including phenoxy) is 1. The molecule has 0 saturated carbocycles. The Morgan fingerprint density at radius 1 is 1.45 bits per heavy atom. The first-order valence-electron chi connectivity index (χ1n) is 3.45. The van der Waals surface area contributed by atoms with Crippen molar-refractivity contribution in [2.45, 2.75) is 6.92 Å². The highest BCUT2D eigenvalue weighted by molar-refractivity contribution is 5.72. The first-order valence-corrected chi connectivity index (χ1v) is 3.45. The molecule has 2 N–H and O–H groups in total. The van der Waals surface area contributed by atoms with Gasteiger partial charge >= 0.3 is 6.03 Å². The van der Waals surface area contributed by atoms with Crippen molar-refractivity contribution in [2.75, 3.05) is 26.9 Å². The third-order valence-corrected chi connectivity index (χ3v) is 0.892. The van der Waals surface area contributed by atoms with Crippen LogP contribution in [-0.4, -0.2) is 32.9 Å². The third kappa shape index (κ3) is 7.08. The highest BCUT2D eigenvalue weighted by Crippen LogP contribution is 1.70. The minimum atomic E-state index is -0.330. The van der Waals surface area contributed by atoms with Gasteiger partial charge in [-0.15, -0.1) is 0 Å². The fourth-order valence-corrected chi connectivity index (χ4v) is 0.438. The molecule has 0 aliphatic rings. The fourth-order valence-electron chi connectivity index (χ4n) is 0.438. The number of hydroxylamine groups is 1. The number of carbonyl (C=O) groups excluding carboxylic acids is 1. The first kappa shape index (κ1) is 10.2. The maximum Gasteiger partial charge on any atom is 0.338 e. The Hall–Kier alpha value is -0.810. The molecular formula is C6H14N2O3. The SMILES string of the molecule is CCNC(=O)NOCCOC. The fraction of sp³-hybridized carbons (Fsp3) is 0.833. The van der Waals surface area contributed by atoms with Gasteiger partial charge in [-0.2, -0.15) is 0 Å². The molecule has 0 aliphatic carbocycles. The summed E-state index contributed by atoms with van der Waals surface area (Å²) < 4.78 is 4.69. The molecule has 5 nitrogen and oxygen atoms in total. The zero-order chi connectivity index (χ0) is 8.53. The first-order chi connectivity index (χ1) is 5.31. The molecule has 0 aromatic rings. The van der Waals surface area contributed by atoms with Gasteiger partial charge in [0.2, 0.25) is 0 Å². The predicted molar refractivity (Wildman–Crippen MR) is 40.0 cm³/mol. The van der Waals surface area contributed by atoms with E-state index in [0.717, 1.165) is 0 Å². The van der Waals surface area contributed by atoms with Crippen LogP contribution in [0, 0.1) is 0 Å². The quantitative estimate of drug-likeness (QED) is 0.438. The van der Waals surface area contributed by atoms with E-state index in [1.807, 2.05) is 6.92 Å². The monoisotopic (exact) mass is 162 g/mol. The van der Waals surface area contributed by atoms with E-state index in [1.165, 1.54) is 0 Å². The van der Waals surface area contributed by atoms with Crippen molar-refractivity contribution in [2.24, 2.45) is 0 Å². The Morgan fingerprint density at radius 2 is 2.18 bits per heavy atom. The second-order valence-electron chi connectivity index (χ2n) is 1.80. The summed E-state index contributed by atoms with van der Waals surface area (Å²) >= 11 is 0. The van der Waals surface area contributed by atoms with Crippen LogP contribution < -0.4 is 10.8 Å². The Kier molecular flexibility index (Phi) is 6.76. The van der Waals surface area contributed by atoms with E-state index in [4.69, 9.17) is 4.84 Å². The van der Waals surface area contributed by atoms with Gasteiger partial charge in [-0.1, -0.05) is 0 Å². The standard InChI is InChI=1S/C6H14N2O3/c1-3-7-6(9)8-11-5-4-10-2/h3-5H2,1-2H3,(H2,7,8,9). The lowest BCUT2D eigenvalue weighted by atomic mass is 10.7. The molecule has 0 aliphatic heterocycles. The largest absolute Gasteiger partial charge is 0.382 e. The Labute approximate surface area is 66.0 Å². The number of hydrogen-bond acceptors (Lipinski definition) is 3. The molecule has 0 aromatic heterocycles. The van der Waals surface area contributed by atoms with Crippen molar-refractivity contribution in [3.05, 3.63) is 0 Å². The van der Waals surface area contributed by atoms with Crippen molar-refractivity contribution in [3.8, 4) is 0 Å². The van der Waals surface area contributed by atoms with E-state index >= 15 is 0 Å². The normalized spacial score (nSPS) is 9.27. The van der Waals surface area contributed by atoms with Crippen LogP contribution in [0.15, 0.2) is 0 Å². The molecule has 0 rings (SSSR count). The van der Waals surface area contributed by atoms with Crippen LogP contribution in [0.4, 0.5) is 4.79 Å². The molecule has 66 valence electrons. The minimum absolute atomic E-state index is 0.330. The molecule has 0 aromatic carbocycles. The molecule has 0 atom stereocenters. The molecule has 2 amide bonds. The second-order valence-corrected chi connectivity index (χ2v) is 1.80. The van der Waals surface area contributed by atoms with E-state index in [1.54, 1.807) is 7.11 Å². The smallest absolute Gasteiger partial charge is 0.338 e. The van der Waals surface area contributed by atoms with Crippen LogP contribution in [0.3, 0.4) is 0 Å². The van der Waals surface area contributed by atoms with Gasteiger partial charge in [-0.3, -0.25) is 4.84 Å². The summed E-state index contributed by atoms with van der Waals surface area (Å²) in [6.45, 7) is 3.23. The highest BCUT2D eigenvalue weighted by Gasteiger charge is 1.94. The van der Waals surface area contributed by atoms with Crippen molar-refractivity contribution >= 4 is 6.03 Å². The van der Waals surface area contributed by atoms with Gasteiger partial charge in [0.15, 0.2) is 0 Å². The summed E-state index contributed by atoms with van der Waals surface area (Å²) in [5, 5.41) is 2.51. The Morgan fingerprint density at radius 3 is 2.73 bits per heavy atom. The van der Waals surface area contributed by atoms with E-state index in [2.05, 4.69) is 15.5 Å². The molecule has 0 bridgehead atoms. The molecule has 0 fully saturated rings. The summed E-state index contributed by atoms with van der Waals surface area (Å²) in [4.78, 5) is 15.3. The number of amides is 2. The zero-order valence-electron chi connectivity index (χ0n) is 6.85. The van der Waals surface area contributed by atoms with Gasteiger partial charge in [0, 0.05) is 13.7 Å². The molecule has 0 saturated heterocycles. The summed E-state index contributed by atoms with van der Waals surface area (Å²) in [6, 6.07) is -0.330. The molecular weight excluding hydrogens is 148 g/mol. The van der Waals surface area contributed by atoms with Gasteiger partial charge in [0.1, 0.15) is 0 Å². The lowest BCUT2D eigenvalue weighted by Gasteiger charge is -2.04. The van der Waals surface area contributed by atoms with Crippen molar-refractivity contribution in [3.63, 3.8) is 0 Å². The second kappa shape index (κ2) is 7.30. The number of methoxy groups -OCH3 is 1. The molecule has 0 unspecified atom stereocenters. The van der Waals surface area contributed by atoms with Crippen LogP contribution in [0.5, 0.6) is 0 Å². The number of carbonyl (C=O) groups is 1.